The van der Waals surface area contributed by atoms with E-state index in [9.17, 15) is 18.0 Å². The lowest BCUT2D eigenvalue weighted by Crippen LogP contribution is -2.47. The van der Waals surface area contributed by atoms with Crippen molar-refractivity contribution in [2.24, 2.45) is 11.3 Å². The maximum absolute atomic E-state index is 13.6. The monoisotopic (exact) mass is 443 g/mol. The van der Waals surface area contributed by atoms with Crippen molar-refractivity contribution >= 4 is 17.5 Å². The van der Waals surface area contributed by atoms with E-state index in [1.54, 1.807) is 6.26 Å². The van der Waals surface area contributed by atoms with Crippen molar-refractivity contribution in [3.05, 3.63) is 23.3 Å². The van der Waals surface area contributed by atoms with Crippen LogP contribution in [0.3, 0.4) is 0 Å². The molecule has 3 rings (SSSR count). The number of nitrogens with zero attached hydrogens (tertiary/aromatic N) is 1. The summed E-state index contributed by atoms with van der Waals surface area (Å²) in [5, 5.41) is 0. The Morgan fingerprint density at radius 3 is 2.50 bits per heavy atom. The van der Waals surface area contributed by atoms with Gasteiger partial charge in [-0.15, -0.1) is 11.8 Å². The first-order chi connectivity index (χ1) is 14.2. The second-order valence-corrected chi connectivity index (χ2v) is 9.74. The number of methoxy groups -OCH3 is 1. The lowest BCUT2D eigenvalue weighted by atomic mass is 9.62. The lowest BCUT2D eigenvalue weighted by Gasteiger charge is -2.48. The first-order valence-electron chi connectivity index (χ1n) is 10.7. The van der Waals surface area contributed by atoms with Crippen molar-refractivity contribution in [2.75, 3.05) is 33.5 Å². The second-order valence-electron chi connectivity index (χ2n) is 8.89. The number of hydrogen-bond acceptors (Lipinski definition) is 4. The van der Waals surface area contributed by atoms with Crippen molar-refractivity contribution in [1.29, 1.82) is 0 Å². The first kappa shape index (κ1) is 23.5. The number of hydrogen-bond donors (Lipinski definition) is 0. The molecule has 0 bridgehead atoms. The molecule has 2 aliphatic rings. The molecule has 0 N–H and O–H groups in total. The van der Waals surface area contributed by atoms with E-state index in [2.05, 4.69) is 11.9 Å². The highest BCUT2D eigenvalue weighted by atomic mass is 32.2. The molecule has 1 aliphatic carbocycles. The Hall–Kier alpha value is -1.21. The van der Waals surface area contributed by atoms with Gasteiger partial charge >= 0.3 is 6.18 Å². The average molecular weight is 444 g/mol. The fourth-order valence-corrected chi connectivity index (χ4v) is 6.16. The third-order valence-electron chi connectivity index (χ3n) is 6.90. The average Bonchev–Trinajstić information content (AvgIpc) is 2.72. The molecule has 1 saturated heterocycles. The summed E-state index contributed by atoms with van der Waals surface area (Å²) in [6, 6.07) is 2.05. The van der Waals surface area contributed by atoms with E-state index in [1.165, 1.54) is 38.1 Å². The minimum Gasteiger partial charge on any atom is -0.496 e. The molecule has 1 heterocycles. The number of benzene rings is 1. The van der Waals surface area contributed by atoms with Crippen molar-refractivity contribution in [3.63, 3.8) is 0 Å². The van der Waals surface area contributed by atoms with Crippen LogP contribution in [0, 0.1) is 11.3 Å². The Kier molecular flexibility index (Phi) is 7.44. The number of alkyl halides is 3. The van der Waals surface area contributed by atoms with Crippen molar-refractivity contribution in [3.8, 4) is 5.75 Å². The van der Waals surface area contributed by atoms with Crippen LogP contribution in [-0.4, -0.2) is 44.2 Å². The summed E-state index contributed by atoms with van der Waals surface area (Å²) in [7, 11) is 3.44. The van der Waals surface area contributed by atoms with Crippen LogP contribution < -0.4 is 4.74 Å². The van der Waals surface area contributed by atoms with Gasteiger partial charge in [0, 0.05) is 17.9 Å². The fraction of sp³-hybridized carbons (Fsp3) is 0.696. The Morgan fingerprint density at radius 2 is 1.93 bits per heavy atom. The van der Waals surface area contributed by atoms with Crippen molar-refractivity contribution in [1.82, 2.24) is 4.90 Å². The zero-order valence-corrected chi connectivity index (χ0v) is 18.9. The molecule has 0 amide bonds. The van der Waals surface area contributed by atoms with Crippen molar-refractivity contribution < 1.29 is 22.7 Å². The summed E-state index contributed by atoms with van der Waals surface area (Å²) in [5.74, 6) is 0.434. The van der Waals surface area contributed by atoms with E-state index in [0.717, 1.165) is 50.9 Å². The summed E-state index contributed by atoms with van der Waals surface area (Å²) in [5.41, 5.74) is -0.575. The largest absolute Gasteiger partial charge is 0.496 e. The van der Waals surface area contributed by atoms with Gasteiger partial charge in [0.05, 0.1) is 18.2 Å². The van der Waals surface area contributed by atoms with Crippen LogP contribution in [0.5, 0.6) is 5.75 Å². The maximum atomic E-state index is 13.6. The van der Waals surface area contributed by atoms with Gasteiger partial charge in [0.15, 0.2) is 5.78 Å². The summed E-state index contributed by atoms with van der Waals surface area (Å²) in [6.45, 7) is 1.91. The van der Waals surface area contributed by atoms with Gasteiger partial charge in [-0.1, -0.05) is 19.3 Å². The van der Waals surface area contributed by atoms with E-state index >= 15 is 0 Å². The topological polar surface area (TPSA) is 29.5 Å². The van der Waals surface area contributed by atoms with Gasteiger partial charge < -0.3 is 9.64 Å². The summed E-state index contributed by atoms with van der Waals surface area (Å²) >= 11 is 1.17. The summed E-state index contributed by atoms with van der Waals surface area (Å²) in [4.78, 5) is 16.2. The van der Waals surface area contributed by atoms with Crippen LogP contribution in [-0.2, 0) is 6.18 Å². The second kappa shape index (κ2) is 9.51. The Labute approximate surface area is 181 Å². The van der Waals surface area contributed by atoms with E-state index in [1.807, 2.05) is 0 Å². The predicted molar refractivity (Wildman–Crippen MR) is 114 cm³/mol. The van der Waals surface area contributed by atoms with Crippen LogP contribution in [0.2, 0.25) is 0 Å². The Bertz CT molecular complexity index is 736. The smallest absolute Gasteiger partial charge is 0.416 e. The third kappa shape index (κ3) is 4.98. The van der Waals surface area contributed by atoms with Gasteiger partial charge in [0.25, 0.3) is 0 Å². The molecule has 30 heavy (non-hydrogen) atoms. The number of halogens is 3. The number of carbonyl (C=O) groups is 1. The number of Topliss-reactive ketones (excluding diaryl/α,β-unsaturated/α-hetero) is 1. The van der Waals surface area contributed by atoms with Gasteiger partial charge in [0.1, 0.15) is 5.75 Å². The molecule has 1 saturated carbocycles. The van der Waals surface area contributed by atoms with E-state index in [4.69, 9.17) is 4.74 Å². The summed E-state index contributed by atoms with van der Waals surface area (Å²) in [6.07, 6.45) is 5.59. The first-order valence-corrected chi connectivity index (χ1v) is 12.0. The molecule has 1 aliphatic heterocycles. The highest BCUT2D eigenvalue weighted by molar-refractivity contribution is 7.98. The van der Waals surface area contributed by atoms with Gasteiger partial charge in [0.2, 0.25) is 0 Å². The van der Waals surface area contributed by atoms with Gasteiger partial charge in [-0.2, -0.15) is 13.2 Å². The number of ketones is 1. The summed E-state index contributed by atoms with van der Waals surface area (Å²) < 4.78 is 45.2. The molecule has 1 aromatic carbocycles. The normalized spacial score (nSPS) is 24.1. The molecule has 7 heteroatoms. The zero-order chi connectivity index (χ0) is 21.9. The van der Waals surface area contributed by atoms with Crippen LogP contribution in [0.15, 0.2) is 17.0 Å². The molecule has 0 aromatic heterocycles. The quantitative estimate of drug-likeness (QED) is 0.381. The highest BCUT2D eigenvalue weighted by Crippen LogP contribution is 2.48. The molecule has 168 valence electrons. The van der Waals surface area contributed by atoms with Crippen LogP contribution in [0.1, 0.15) is 67.3 Å². The minimum atomic E-state index is -4.48. The number of piperidine rings is 1. The van der Waals surface area contributed by atoms with E-state index in [0.29, 0.717) is 22.8 Å². The van der Waals surface area contributed by atoms with Gasteiger partial charge in [-0.25, -0.2) is 0 Å². The van der Waals surface area contributed by atoms with Gasteiger partial charge in [-0.05, 0) is 69.0 Å². The van der Waals surface area contributed by atoms with Crippen LogP contribution >= 0.6 is 11.8 Å². The Balaban J connectivity index is 1.97. The molecule has 1 aromatic rings. The standard InChI is InChI=1S/C23H32F3NO2S/c1-27-11-7-10-22(15-27,16-8-5-4-6-9-16)14-18(28)21-19(29-2)12-17(23(24,25)26)13-20(21)30-3/h12-13,16H,4-11,14-15H2,1-3H3. The Morgan fingerprint density at radius 1 is 1.23 bits per heavy atom. The molecule has 2 fully saturated rings. The lowest BCUT2D eigenvalue weighted by molar-refractivity contribution is -0.137. The molecule has 3 nitrogen and oxygen atoms in total. The zero-order valence-electron chi connectivity index (χ0n) is 18.1. The van der Waals surface area contributed by atoms with E-state index < -0.39 is 11.7 Å². The van der Waals surface area contributed by atoms with Crippen molar-refractivity contribution in [2.45, 2.75) is 62.4 Å². The maximum Gasteiger partial charge on any atom is 0.416 e. The number of ether oxygens (including phenoxy) is 1. The van der Waals surface area contributed by atoms with Gasteiger partial charge in [-0.3, -0.25) is 4.79 Å². The number of thioether (sulfide) groups is 1. The molecule has 0 spiro atoms. The molecule has 0 radical (unpaired) electrons. The molecule has 1 unspecified atom stereocenters. The third-order valence-corrected chi connectivity index (χ3v) is 7.66. The van der Waals surface area contributed by atoms with Crippen LogP contribution in [0.25, 0.3) is 0 Å². The predicted octanol–water partition coefficient (Wildman–Crippen LogP) is 6.30. The number of likely N-dealkylation sites (tertiary alicyclic amines) is 1. The number of rotatable bonds is 6. The minimum absolute atomic E-state index is 0.0298. The number of carbonyl (C=O) groups excluding carboxylic acids is 1. The fourth-order valence-electron chi connectivity index (χ4n) is 5.49. The van der Waals surface area contributed by atoms with E-state index in [-0.39, 0.29) is 16.9 Å². The highest BCUT2D eigenvalue weighted by Gasteiger charge is 2.44. The molecular weight excluding hydrogens is 411 g/mol. The molecule has 1 atom stereocenters. The SMILES string of the molecule is COc1cc(C(F)(F)F)cc(SC)c1C(=O)CC1(C2CCCCC2)CCCN(C)C1. The molecular formula is C23H32F3NO2S. The van der Waals surface area contributed by atoms with Crippen LogP contribution in [0.4, 0.5) is 13.2 Å².